The van der Waals surface area contributed by atoms with Crippen LogP contribution in [0.5, 0.6) is 0 Å². The molecule has 0 unspecified atom stereocenters. The summed E-state index contributed by atoms with van der Waals surface area (Å²) in [6.45, 7) is 3.42. The Morgan fingerprint density at radius 1 is 1.00 bits per heavy atom. The highest BCUT2D eigenvalue weighted by molar-refractivity contribution is 6.30. The zero-order valence-electron chi connectivity index (χ0n) is 12.3. The van der Waals surface area contributed by atoms with Crippen LogP contribution in [0.4, 0.5) is 0 Å². The molecule has 110 valence electrons. The van der Waals surface area contributed by atoms with E-state index < -0.39 is 0 Å². The molecule has 0 spiro atoms. The van der Waals surface area contributed by atoms with Gasteiger partial charge < -0.3 is 4.90 Å². The fourth-order valence-electron chi connectivity index (χ4n) is 2.24. The lowest BCUT2D eigenvalue weighted by Gasteiger charge is -2.21. The molecule has 2 aromatic carbocycles. The van der Waals surface area contributed by atoms with Gasteiger partial charge in [-0.25, -0.2) is 0 Å². The Bertz CT molecular complexity index is 566. The predicted octanol–water partition coefficient (Wildman–Crippen LogP) is 4.32. The van der Waals surface area contributed by atoms with Crippen LogP contribution in [-0.2, 0) is 17.8 Å². The second-order valence-electron chi connectivity index (χ2n) is 5.02. The van der Waals surface area contributed by atoms with E-state index in [2.05, 4.69) is 12.1 Å². The zero-order chi connectivity index (χ0) is 15.1. The second-order valence-corrected chi connectivity index (χ2v) is 5.46. The van der Waals surface area contributed by atoms with Crippen LogP contribution >= 0.6 is 11.6 Å². The van der Waals surface area contributed by atoms with E-state index in [-0.39, 0.29) is 5.91 Å². The molecule has 0 saturated carbocycles. The number of halogens is 1. The maximum absolute atomic E-state index is 12.3. The van der Waals surface area contributed by atoms with E-state index in [1.54, 1.807) is 0 Å². The number of nitrogens with zero attached hydrogens (tertiary/aromatic N) is 1. The first-order valence-electron chi connectivity index (χ1n) is 7.25. The summed E-state index contributed by atoms with van der Waals surface area (Å²) in [5.74, 6) is 0.191. The molecule has 2 nitrogen and oxygen atoms in total. The van der Waals surface area contributed by atoms with Crippen molar-refractivity contribution in [3.8, 4) is 0 Å². The summed E-state index contributed by atoms with van der Waals surface area (Å²) in [5.41, 5.74) is 2.31. The lowest BCUT2D eigenvalue weighted by Crippen LogP contribution is -2.30. The average Bonchev–Trinajstić information content (AvgIpc) is 2.52. The van der Waals surface area contributed by atoms with Crippen molar-refractivity contribution in [1.82, 2.24) is 4.90 Å². The van der Waals surface area contributed by atoms with Crippen LogP contribution in [-0.4, -0.2) is 17.4 Å². The summed E-state index contributed by atoms with van der Waals surface area (Å²) < 4.78 is 0. The fraction of sp³-hybridized carbons (Fsp3) is 0.278. The molecule has 0 radical (unpaired) electrons. The molecule has 0 atom stereocenters. The van der Waals surface area contributed by atoms with E-state index in [0.717, 1.165) is 23.6 Å². The molecule has 2 rings (SSSR count). The second kappa shape index (κ2) is 7.84. The van der Waals surface area contributed by atoms with Crippen LogP contribution < -0.4 is 0 Å². The highest BCUT2D eigenvalue weighted by Gasteiger charge is 2.12. The zero-order valence-corrected chi connectivity index (χ0v) is 13.0. The van der Waals surface area contributed by atoms with Crippen LogP contribution in [0.3, 0.4) is 0 Å². The number of rotatable bonds is 6. The monoisotopic (exact) mass is 301 g/mol. The molecule has 0 aliphatic rings. The largest absolute Gasteiger partial charge is 0.339 e. The van der Waals surface area contributed by atoms with Crippen molar-refractivity contribution < 1.29 is 4.79 Å². The number of hydrogen-bond acceptors (Lipinski definition) is 1. The van der Waals surface area contributed by atoms with Gasteiger partial charge in [0.25, 0.3) is 0 Å². The van der Waals surface area contributed by atoms with Gasteiger partial charge in [-0.15, -0.1) is 0 Å². The molecule has 2 aromatic rings. The van der Waals surface area contributed by atoms with Gasteiger partial charge in [-0.3, -0.25) is 4.79 Å². The molecule has 21 heavy (non-hydrogen) atoms. The molecule has 0 N–H and O–H groups in total. The van der Waals surface area contributed by atoms with E-state index in [1.165, 1.54) is 5.56 Å². The van der Waals surface area contributed by atoms with Crippen LogP contribution in [0.15, 0.2) is 54.6 Å². The Balaban J connectivity index is 1.89. The number of carbonyl (C=O) groups excluding carboxylic acids is 1. The van der Waals surface area contributed by atoms with E-state index in [4.69, 9.17) is 11.6 Å². The van der Waals surface area contributed by atoms with Gasteiger partial charge in [0.2, 0.25) is 5.91 Å². The molecule has 1 amide bonds. The minimum absolute atomic E-state index is 0.191. The van der Waals surface area contributed by atoms with Crippen molar-refractivity contribution in [2.24, 2.45) is 0 Å². The van der Waals surface area contributed by atoms with E-state index in [0.29, 0.717) is 13.0 Å². The molecule has 0 aliphatic heterocycles. The molecule has 0 aromatic heterocycles. The summed E-state index contributed by atoms with van der Waals surface area (Å²) in [5, 5.41) is 0.726. The van der Waals surface area contributed by atoms with Crippen LogP contribution in [0.2, 0.25) is 5.02 Å². The Hall–Kier alpha value is -1.80. The molecular formula is C18H20ClNO. The smallest absolute Gasteiger partial charge is 0.223 e. The van der Waals surface area contributed by atoms with Crippen molar-refractivity contribution in [1.29, 1.82) is 0 Å². The first-order valence-corrected chi connectivity index (χ1v) is 7.63. The molecule has 0 fully saturated rings. The summed E-state index contributed by atoms with van der Waals surface area (Å²) in [6, 6.07) is 17.8. The van der Waals surface area contributed by atoms with Gasteiger partial charge in [-0.2, -0.15) is 0 Å². The number of carbonyl (C=O) groups is 1. The Labute approximate surface area is 131 Å². The van der Waals surface area contributed by atoms with Crippen molar-refractivity contribution in [3.05, 3.63) is 70.7 Å². The summed E-state index contributed by atoms with van der Waals surface area (Å²) in [4.78, 5) is 14.2. The summed E-state index contributed by atoms with van der Waals surface area (Å²) >= 11 is 5.86. The number of amides is 1. The molecule has 0 saturated heterocycles. The third-order valence-corrected chi connectivity index (χ3v) is 3.74. The van der Waals surface area contributed by atoms with Crippen LogP contribution in [0.1, 0.15) is 24.5 Å². The minimum atomic E-state index is 0.191. The Morgan fingerprint density at radius 2 is 1.67 bits per heavy atom. The summed E-state index contributed by atoms with van der Waals surface area (Å²) in [7, 11) is 0. The van der Waals surface area contributed by atoms with Gasteiger partial charge in [0.15, 0.2) is 0 Å². The Kier molecular flexibility index (Phi) is 5.82. The summed E-state index contributed by atoms with van der Waals surface area (Å²) in [6.07, 6.45) is 1.28. The minimum Gasteiger partial charge on any atom is -0.339 e. The molecule has 0 bridgehead atoms. The lowest BCUT2D eigenvalue weighted by molar-refractivity contribution is -0.131. The van der Waals surface area contributed by atoms with E-state index >= 15 is 0 Å². The lowest BCUT2D eigenvalue weighted by atomic mass is 10.1. The SMILES string of the molecule is CCN(Cc1ccccc1)C(=O)CCc1ccc(Cl)cc1. The third kappa shape index (κ3) is 4.91. The molecule has 3 heteroatoms. The average molecular weight is 302 g/mol. The van der Waals surface area contributed by atoms with Gasteiger partial charge >= 0.3 is 0 Å². The van der Waals surface area contributed by atoms with Crippen LogP contribution in [0.25, 0.3) is 0 Å². The van der Waals surface area contributed by atoms with Gasteiger partial charge in [-0.1, -0.05) is 54.1 Å². The standard InChI is InChI=1S/C18H20ClNO/c1-2-20(14-16-6-4-3-5-7-16)18(21)13-10-15-8-11-17(19)12-9-15/h3-9,11-12H,2,10,13-14H2,1H3. The van der Waals surface area contributed by atoms with E-state index in [1.807, 2.05) is 54.3 Å². The maximum atomic E-state index is 12.3. The highest BCUT2D eigenvalue weighted by Crippen LogP contribution is 2.12. The molecule has 0 aliphatic carbocycles. The van der Waals surface area contributed by atoms with Gasteiger partial charge in [0.05, 0.1) is 0 Å². The Morgan fingerprint density at radius 3 is 2.29 bits per heavy atom. The predicted molar refractivity (Wildman–Crippen MR) is 87.3 cm³/mol. The maximum Gasteiger partial charge on any atom is 0.223 e. The topological polar surface area (TPSA) is 20.3 Å². The van der Waals surface area contributed by atoms with E-state index in [9.17, 15) is 4.79 Å². The van der Waals surface area contributed by atoms with Crippen molar-refractivity contribution in [2.45, 2.75) is 26.3 Å². The van der Waals surface area contributed by atoms with Crippen LogP contribution in [0, 0.1) is 0 Å². The van der Waals surface area contributed by atoms with Crippen molar-refractivity contribution in [2.75, 3.05) is 6.54 Å². The van der Waals surface area contributed by atoms with Gasteiger partial charge in [0.1, 0.15) is 0 Å². The first kappa shape index (κ1) is 15.6. The van der Waals surface area contributed by atoms with Gasteiger partial charge in [0, 0.05) is 24.5 Å². The van der Waals surface area contributed by atoms with Gasteiger partial charge in [-0.05, 0) is 36.6 Å². The van der Waals surface area contributed by atoms with Crippen molar-refractivity contribution >= 4 is 17.5 Å². The quantitative estimate of drug-likeness (QED) is 0.778. The first-order chi connectivity index (χ1) is 10.2. The number of benzene rings is 2. The number of aryl methyl sites for hydroxylation is 1. The highest BCUT2D eigenvalue weighted by atomic mass is 35.5. The van der Waals surface area contributed by atoms with Crippen molar-refractivity contribution in [3.63, 3.8) is 0 Å². The fourth-order valence-corrected chi connectivity index (χ4v) is 2.37. The molecule has 0 heterocycles. The number of hydrogen-bond donors (Lipinski definition) is 0. The molecular weight excluding hydrogens is 282 g/mol. The normalized spacial score (nSPS) is 10.4. The third-order valence-electron chi connectivity index (χ3n) is 3.49.